The molecular weight excluding hydrogens is 1150 g/mol. The maximum absolute atomic E-state index is 7.14. The van der Waals surface area contributed by atoms with Crippen LogP contribution in [0.3, 0.4) is 0 Å². The van der Waals surface area contributed by atoms with Gasteiger partial charge in [-0.15, -0.1) is 0 Å². The van der Waals surface area contributed by atoms with Crippen molar-refractivity contribution in [3.05, 3.63) is 248 Å². The number of ether oxygens (including phenoxy) is 4. The van der Waals surface area contributed by atoms with Gasteiger partial charge < -0.3 is 28.7 Å². The lowest BCUT2D eigenvalue weighted by Gasteiger charge is -2.27. The Morgan fingerprint density at radius 3 is 1.72 bits per heavy atom. The summed E-state index contributed by atoms with van der Waals surface area (Å²) in [4.78, 5) is 4.84. The van der Waals surface area contributed by atoms with E-state index in [1.165, 1.54) is 79.0 Å². The fourth-order valence-electron chi connectivity index (χ4n) is 13.6. The third-order valence-electron chi connectivity index (χ3n) is 18.3. The van der Waals surface area contributed by atoms with Gasteiger partial charge in [-0.1, -0.05) is 154 Å². The van der Waals surface area contributed by atoms with E-state index in [9.17, 15) is 0 Å². The second-order valence-electron chi connectivity index (χ2n) is 25.4. The molecule has 6 aromatic carbocycles. The third kappa shape index (κ3) is 13.5. The summed E-state index contributed by atoms with van der Waals surface area (Å²) in [6.45, 7) is 24.3. The summed E-state index contributed by atoms with van der Waals surface area (Å²) in [6, 6.07) is 50.2. The molecule has 1 aliphatic carbocycles. The lowest BCUT2D eigenvalue weighted by Crippen LogP contribution is -2.29. The van der Waals surface area contributed by atoms with Crippen LogP contribution in [0.4, 0.5) is 22.7 Å². The smallest absolute Gasteiger partial charge is 0.209 e. The minimum atomic E-state index is -0.202. The van der Waals surface area contributed by atoms with Crippen LogP contribution >= 0.6 is 34.8 Å². The highest BCUT2D eigenvalue weighted by atomic mass is 35.5. The number of hydrogen-bond donors (Lipinski definition) is 0. The first-order valence-corrected chi connectivity index (χ1v) is 32.4. The first-order chi connectivity index (χ1) is 42.4. The van der Waals surface area contributed by atoms with Crippen molar-refractivity contribution < 1.29 is 28.1 Å². The van der Waals surface area contributed by atoms with E-state index in [4.69, 9.17) is 53.8 Å². The predicted molar refractivity (Wildman–Crippen MR) is 368 cm³/mol. The van der Waals surface area contributed by atoms with Gasteiger partial charge in [0.2, 0.25) is 11.4 Å². The zero-order valence-corrected chi connectivity index (χ0v) is 55.4. The Balaban J connectivity index is 0.000000195. The summed E-state index contributed by atoms with van der Waals surface area (Å²) >= 11 is 20.0. The van der Waals surface area contributed by atoms with Crippen molar-refractivity contribution in [1.29, 1.82) is 0 Å². The first kappa shape index (κ1) is 64.1. The molecule has 11 rings (SSSR count). The maximum Gasteiger partial charge on any atom is 0.209 e. The Hall–Kier alpha value is -6.91. The maximum atomic E-state index is 7.14. The Bertz CT molecular complexity index is 3750. The molecule has 88 heavy (non-hydrogen) atoms. The van der Waals surface area contributed by atoms with E-state index in [1.54, 1.807) is 14.2 Å². The van der Waals surface area contributed by atoms with Crippen molar-refractivity contribution in [2.45, 2.75) is 109 Å². The summed E-state index contributed by atoms with van der Waals surface area (Å²) in [7, 11) is 3.49. The van der Waals surface area contributed by atoms with Crippen LogP contribution in [0.5, 0.6) is 11.5 Å². The second kappa shape index (κ2) is 27.9. The second-order valence-corrected chi connectivity index (χ2v) is 26.7. The fourth-order valence-corrected chi connectivity index (χ4v) is 14.2. The van der Waals surface area contributed by atoms with Gasteiger partial charge in [0.15, 0.2) is 24.5 Å². The molecule has 0 unspecified atom stereocenters. The fraction of sp³-hybridized carbons (Fsp3) is 0.351. The lowest BCUT2D eigenvalue weighted by molar-refractivity contribution is -0.441. The van der Waals surface area contributed by atoms with Gasteiger partial charge in [0.25, 0.3) is 0 Å². The topological polar surface area (TPSA) is 49.4 Å². The number of para-hydroxylation sites is 4. The standard InChI is InChI=1S/C41H45N2O2.C36H42Cl3N2O2/c1-40(2)34-22-11-13-24-36(34)42(28-16-30-44-32-18-7-5-8-19-32)38(40)26-15-27-39-41(3,4)35-23-12-14-25-37(35)43(39)29-17-31-45-33-20-9-6-10-21-33;1-35(2)28-22-26(37)12-14-30(28)40(18-20-42-5)32(35)16-10-24-8-7-9-25(34(24)39)11-17-33-36(3,4)29-23-27(38)13-15-31(29)41(33)19-21-43-6/h5-15,18-27H,16-17,28-31H2,1-4H3;10-17,22-23H,7-9,18-21H2,1-6H3/q2*+1. The molecule has 8 nitrogen and oxygen atoms in total. The van der Waals surface area contributed by atoms with Crippen molar-refractivity contribution in [3.63, 3.8) is 0 Å². The van der Waals surface area contributed by atoms with Crippen LogP contribution in [-0.4, -0.2) is 87.4 Å². The predicted octanol–water partition coefficient (Wildman–Crippen LogP) is 18.7. The van der Waals surface area contributed by atoms with E-state index in [0.717, 1.165) is 84.9 Å². The molecule has 0 radical (unpaired) electrons. The molecule has 5 aliphatic rings. The minimum absolute atomic E-state index is 0.103. The number of allylic oxidation sites excluding steroid dienone is 12. The van der Waals surface area contributed by atoms with Gasteiger partial charge >= 0.3 is 0 Å². The van der Waals surface area contributed by atoms with E-state index >= 15 is 0 Å². The number of halogens is 3. The molecular formula is C77H87Cl3N4O4+2. The van der Waals surface area contributed by atoms with E-state index < -0.39 is 0 Å². The van der Waals surface area contributed by atoms with E-state index in [0.29, 0.717) is 26.4 Å². The highest BCUT2D eigenvalue weighted by Gasteiger charge is 2.46. The Kier molecular flexibility index (Phi) is 20.3. The van der Waals surface area contributed by atoms with Crippen LogP contribution in [0, 0.1) is 0 Å². The molecule has 0 spiro atoms. The number of anilines is 2. The Morgan fingerprint density at radius 1 is 0.466 bits per heavy atom. The zero-order chi connectivity index (χ0) is 62.2. The van der Waals surface area contributed by atoms with E-state index in [1.807, 2.05) is 72.8 Å². The third-order valence-corrected chi connectivity index (χ3v) is 19.2. The molecule has 458 valence electrons. The number of fused-ring (bicyclic) bond motifs is 4. The van der Waals surface area contributed by atoms with Crippen molar-refractivity contribution in [2.24, 2.45) is 0 Å². The Morgan fingerprint density at radius 2 is 1.01 bits per heavy atom. The molecule has 11 heteroatoms. The number of hydrogen-bond acceptors (Lipinski definition) is 6. The van der Waals surface area contributed by atoms with Crippen LogP contribution in [0.15, 0.2) is 216 Å². The summed E-state index contributed by atoms with van der Waals surface area (Å²) in [6.07, 6.45) is 20.7. The van der Waals surface area contributed by atoms with Crippen LogP contribution in [0.25, 0.3) is 0 Å². The van der Waals surface area contributed by atoms with Gasteiger partial charge in [-0.25, -0.2) is 0 Å². The molecule has 0 amide bonds. The molecule has 0 saturated heterocycles. The zero-order valence-electron chi connectivity index (χ0n) is 53.1. The average Bonchev–Trinajstić information content (AvgIpc) is 1.73. The molecule has 0 atom stereocenters. The molecule has 0 fully saturated rings. The van der Waals surface area contributed by atoms with Crippen LogP contribution in [0.2, 0.25) is 10.0 Å². The van der Waals surface area contributed by atoms with E-state index in [2.05, 4.69) is 190 Å². The van der Waals surface area contributed by atoms with Crippen LogP contribution in [0.1, 0.15) is 110 Å². The number of rotatable bonds is 21. The summed E-state index contributed by atoms with van der Waals surface area (Å²) in [5.41, 5.74) is 16.9. The monoisotopic (exact) mass is 1240 g/mol. The van der Waals surface area contributed by atoms with Gasteiger partial charge in [-0.05, 0) is 148 Å². The van der Waals surface area contributed by atoms with Gasteiger partial charge in [0.1, 0.15) is 18.1 Å². The normalized spacial score (nSPS) is 19.1. The minimum Gasteiger partial charge on any atom is -0.494 e. The highest BCUT2D eigenvalue weighted by Crippen LogP contribution is 2.50. The summed E-state index contributed by atoms with van der Waals surface area (Å²) in [5.74, 6) is 1.85. The SMILES string of the molecule is CC1(C)C(=CC=CC2=[N+](CCCOc3ccccc3)c3ccccc3C2(C)C)N(CCCOc2ccccc2)c2ccccc21.COCCN1C(=CC=C2CCCC(C=CC3=[N+](CCOC)c4ccc(Cl)cc4C3(C)C)=C2Cl)C(C)(C)c2cc(Cl)ccc21. The van der Waals surface area contributed by atoms with Gasteiger partial charge in [0.05, 0.1) is 30.7 Å². The summed E-state index contributed by atoms with van der Waals surface area (Å²) < 4.78 is 27.8. The quantitative estimate of drug-likeness (QED) is 0.0529. The first-order valence-electron chi connectivity index (χ1n) is 31.2. The highest BCUT2D eigenvalue weighted by molar-refractivity contribution is 6.33. The van der Waals surface area contributed by atoms with Crippen molar-refractivity contribution in [3.8, 4) is 11.5 Å². The van der Waals surface area contributed by atoms with Crippen molar-refractivity contribution >= 4 is 69.0 Å². The van der Waals surface area contributed by atoms with Crippen molar-refractivity contribution in [1.82, 2.24) is 0 Å². The van der Waals surface area contributed by atoms with Gasteiger partial charge in [-0.3, -0.25) is 0 Å². The molecule has 0 bridgehead atoms. The molecule has 4 aliphatic heterocycles. The number of benzene rings is 6. The lowest BCUT2D eigenvalue weighted by atomic mass is 9.81. The molecule has 4 heterocycles. The number of nitrogens with zero attached hydrogens (tertiary/aromatic N) is 4. The molecule has 0 saturated carbocycles. The van der Waals surface area contributed by atoms with Gasteiger partial charge in [-0.2, -0.15) is 9.15 Å². The van der Waals surface area contributed by atoms with Crippen molar-refractivity contribution in [2.75, 3.05) is 76.6 Å². The van der Waals surface area contributed by atoms with E-state index in [-0.39, 0.29) is 21.7 Å². The largest absolute Gasteiger partial charge is 0.494 e. The molecule has 0 aromatic heterocycles. The summed E-state index contributed by atoms with van der Waals surface area (Å²) in [5, 5.41) is 2.35. The molecule has 6 aromatic rings. The number of methoxy groups -OCH3 is 2. The van der Waals surface area contributed by atoms with Crippen LogP contribution < -0.4 is 19.3 Å². The Labute approximate surface area is 539 Å². The van der Waals surface area contributed by atoms with Gasteiger partial charge in [0, 0.05) is 118 Å². The molecule has 0 N–H and O–H groups in total. The van der Waals surface area contributed by atoms with Crippen LogP contribution in [-0.2, 0) is 31.1 Å². The average molecular weight is 1240 g/mol.